The molecule has 6 heteroatoms. The van der Waals surface area contributed by atoms with Crippen molar-refractivity contribution in [3.05, 3.63) is 54.6 Å². The molecular weight excluding hydrogens is 280 g/mol. The summed E-state index contributed by atoms with van der Waals surface area (Å²) in [5, 5.41) is 2.55. The molecule has 0 aromatic carbocycles. The normalized spacial score (nSPS) is 10.0. The Balaban J connectivity index is 1.92. The third-order valence-electron chi connectivity index (χ3n) is 3.20. The van der Waals surface area contributed by atoms with Crippen LogP contribution in [-0.2, 0) is 16.0 Å². The standard InChI is InChI=1S/C16H18N4O2/c1-2-20(11-7-13-5-9-17-10-6-13)16(22)15(21)19-14-4-3-8-18-12-14/h3-6,8-10,12H,2,7,11H2,1H3,(H,19,21). The highest BCUT2D eigenvalue weighted by Gasteiger charge is 2.20. The zero-order valence-electron chi connectivity index (χ0n) is 12.4. The van der Waals surface area contributed by atoms with Crippen LogP contribution in [0.3, 0.4) is 0 Å². The van der Waals surface area contributed by atoms with Crippen molar-refractivity contribution in [2.75, 3.05) is 18.4 Å². The van der Waals surface area contributed by atoms with Crippen LogP contribution >= 0.6 is 0 Å². The Labute approximate surface area is 129 Å². The van der Waals surface area contributed by atoms with Gasteiger partial charge in [0.2, 0.25) is 0 Å². The van der Waals surface area contributed by atoms with Gasteiger partial charge >= 0.3 is 11.8 Å². The smallest absolute Gasteiger partial charge is 0.313 e. The van der Waals surface area contributed by atoms with Gasteiger partial charge in [0.1, 0.15) is 0 Å². The van der Waals surface area contributed by atoms with Gasteiger partial charge in [-0.25, -0.2) is 0 Å². The molecular formula is C16H18N4O2. The number of carbonyl (C=O) groups is 2. The Morgan fingerprint density at radius 3 is 2.55 bits per heavy atom. The van der Waals surface area contributed by atoms with Gasteiger partial charge in [-0.05, 0) is 43.2 Å². The molecule has 0 aliphatic carbocycles. The zero-order chi connectivity index (χ0) is 15.8. The molecule has 0 saturated heterocycles. The molecule has 6 nitrogen and oxygen atoms in total. The number of amides is 2. The van der Waals surface area contributed by atoms with Gasteiger partial charge in [0.25, 0.3) is 0 Å². The molecule has 0 spiro atoms. The van der Waals surface area contributed by atoms with Gasteiger partial charge in [0.05, 0.1) is 11.9 Å². The molecule has 22 heavy (non-hydrogen) atoms. The van der Waals surface area contributed by atoms with Gasteiger partial charge < -0.3 is 10.2 Å². The number of nitrogens with zero attached hydrogens (tertiary/aromatic N) is 3. The molecule has 0 unspecified atom stereocenters. The first-order chi connectivity index (χ1) is 10.7. The molecule has 0 atom stereocenters. The maximum absolute atomic E-state index is 12.2. The molecule has 0 saturated carbocycles. The van der Waals surface area contributed by atoms with E-state index in [1.165, 1.54) is 11.1 Å². The van der Waals surface area contributed by atoms with Crippen LogP contribution in [0.15, 0.2) is 49.1 Å². The van der Waals surface area contributed by atoms with Crippen LogP contribution in [0.1, 0.15) is 12.5 Å². The number of anilines is 1. The van der Waals surface area contributed by atoms with E-state index >= 15 is 0 Å². The summed E-state index contributed by atoms with van der Waals surface area (Å²) in [6.07, 6.45) is 7.20. The topological polar surface area (TPSA) is 75.2 Å². The second kappa shape index (κ2) is 7.87. The van der Waals surface area contributed by atoms with E-state index in [0.29, 0.717) is 25.2 Å². The molecule has 0 radical (unpaired) electrons. The van der Waals surface area contributed by atoms with Gasteiger partial charge in [0.15, 0.2) is 0 Å². The van der Waals surface area contributed by atoms with Crippen LogP contribution in [0, 0.1) is 0 Å². The molecule has 2 amide bonds. The van der Waals surface area contributed by atoms with E-state index in [1.54, 1.807) is 30.7 Å². The molecule has 2 heterocycles. The summed E-state index contributed by atoms with van der Waals surface area (Å²) >= 11 is 0. The second-order valence-corrected chi connectivity index (χ2v) is 4.69. The van der Waals surface area contributed by atoms with E-state index in [-0.39, 0.29) is 0 Å². The van der Waals surface area contributed by atoms with Crippen molar-refractivity contribution < 1.29 is 9.59 Å². The highest BCUT2D eigenvalue weighted by atomic mass is 16.2. The average molecular weight is 298 g/mol. The second-order valence-electron chi connectivity index (χ2n) is 4.69. The van der Waals surface area contributed by atoms with Crippen LogP contribution in [0.4, 0.5) is 5.69 Å². The minimum Gasteiger partial charge on any atom is -0.334 e. The SMILES string of the molecule is CCN(CCc1ccncc1)C(=O)C(=O)Nc1cccnc1. The van der Waals surface area contributed by atoms with Gasteiger partial charge in [-0.2, -0.15) is 0 Å². The number of hydrogen-bond donors (Lipinski definition) is 1. The maximum atomic E-state index is 12.2. The number of rotatable bonds is 5. The highest BCUT2D eigenvalue weighted by Crippen LogP contribution is 2.05. The molecule has 0 bridgehead atoms. The minimum atomic E-state index is -0.649. The molecule has 2 aromatic heterocycles. The number of nitrogens with one attached hydrogen (secondary N) is 1. The number of pyridine rings is 2. The molecule has 1 N–H and O–H groups in total. The van der Waals surface area contributed by atoms with Gasteiger partial charge in [-0.3, -0.25) is 19.6 Å². The van der Waals surface area contributed by atoms with Crippen LogP contribution in [0.5, 0.6) is 0 Å². The number of aromatic nitrogens is 2. The Morgan fingerprint density at radius 2 is 1.91 bits per heavy atom. The van der Waals surface area contributed by atoms with E-state index in [9.17, 15) is 9.59 Å². The van der Waals surface area contributed by atoms with Crippen molar-refractivity contribution in [3.63, 3.8) is 0 Å². The predicted octanol–water partition coefficient (Wildman–Crippen LogP) is 1.51. The first kappa shape index (κ1) is 15.6. The Hall–Kier alpha value is -2.76. The van der Waals surface area contributed by atoms with E-state index in [2.05, 4.69) is 15.3 Å². The fraction of sp³-hybridized carbons (Fsp3) is 0.250. The fourth-order valence-electron chi connectivity index (χ4n) is 1.98. The van der Waals surface area contributed by atoms with Crippen molar-refractivity contribution in [3.8, 4) is 0 Å². The highest BCUT2D eigenvalue weighted by molar-refractivity contribution is 6.39. The summed E-state index contributed by atoms with van der Waals surface area (Å²) in [5.74, 6) is -1.19. The molecule has 0 fully saturated rings. The van der Waals surface area contributed by atoms with Crippen molar-refractivity contribution in [1.82, 2.24) is 14.9 Å². The summed E-state index contributed by atoms with van der Waals surface area (Å²) in [4.78, 5) is 33.5. The Bertz CT molecular complexity index is 617. The molecule has 2 aromatic rings. The average Bonchev–Trinajstić information content (AvgIpc) is 2.57. The Morgan fingerprint density at radius 1 is 1.14 bits per heavy atom. The summed E-state index contributed by atoms with van der Waals surface area (Å²) in [7, 11) is 0. The number of hydrogen-bond acceptors (Lipinski definition) is 4. The summed E-state index contributed by atoms with van der Waals surface area (Å²) in [6, 6.07) is 7.18. The molecule has 2 rings (SSSR count). The molecule has 0 aliphatic rings. The fourth-order valence-corrected chi connectivity index (χ4v) is 1.98. The quantitative estimate of drug-likeness (QED) is 0.849. The lowest BCUT2D eigenvalue weighted by atomic mass is 10.2. The van der Waals surface area contributed by atoms with E-state index in [4.69, 9.17) is 0 Å². The lowest BCUT2D eigenvalue weighted by Gasteiger charge is -2.20. The first-order valence-corrected chi connectivity index (χ1v) is 7.10. The van der Waals surface area contributed by atoms with Crippen molar-refractivity contribution in [2.45, 2.75) is 13.3 Å². The lowest BCUT2D eigenvalue weighted by molar-refractivity contribution is -0.143. The Kier molecular flexibility index (Phi) is 5.59. The van der Waals surface area contributed by atoms with Gasteiger partial charge in [0, 0.05) is 31.7 Å². The van der Waals surface area contributed by atoms with Gasteiger partial charge in [-0.1, -0.05) is 0 Å². The van der Waals surface area contributed by atoms with Crippen molar-refractivity contribution in [1.29, 1.82) is 0 Å². The summed E-state index contributed by atoms with van der Waals surface area (Å²) < 4.78 is 0. The van der Waals surface area contributed by atoms with Crippen LogP contribution in [-0.4, -0.2) is 39.8 Å². The monoisotopic (exact) mass is 298 g/mol. The lowest BCUT2D eigenvalue weighted by Crippen LogP contribution is -2.40. The third kappa shape index (κ3) is 4.37. The van der Waals surface area contributed by atoms with Crippen LogP contribution in [0.2, 0.25) is 0 Å². The van der Waals surface area contributed by atoms with Gasteiger partial charge in [-0.15, -0.1) is 0 Å². The predicted molar refractivity (Wildman–Crippen MR) is 83.1 cm³/mol. The largest absolute Gasteiger partial charge is 0.334 e. The van der Waals surface area contributed by atoms with E-state index in [1.807, 2.05) is 19.1 Å². The summed E-state index contributed by atoms with van der Waals surface area (Å²) in [6.45, 7) is 2.81. The third-order valence-corrected chi connectivity index (χ3v) is 3.20. The number of carbonyl (C=O) groups excluding carboxylic acids is 2. The van der Waals surface area contributed by atoms with Crippen LogP contribution < -0.4 is 5.32 Å². The van der Waals surface area contributed by atoms with Crippen molar-refractivity contribution >= 4 is 17.5 Å². The van der Waals surface area contributed by atoms with Crippen molar-refractivity contribution in [2.24, 2.45) is 0 Å². The minimum absolute atomic E-state index is 0.477. The zero-order valence-corrected chi connectivity index (χ0v) is 12.4. The summed E-state index contributed by atoms with van der Waals surface area (Å²) in [5.41, 5.74) is 1.58. The van der Waals surface area contributed by atoms with E-state index in [0.717, 1.165) is 5.56 Å². The molecule has 114 valence electrons. The van der Waals surface area contributed by atoms with E-state index < -0.39 is 11.8 Å². The molecule has 0 aliphatic heterocycles. The van der Waals surface area contributed by atoms with Crippen LogP contribution in [0.25, 0.3) is 0 Å². The first-order valence-electron chi connectivity index (χ1n) is 7.10. The maximum Gasteiger partial charge on any atom is 0.313 e. The number of likely N-dealkylation sites (N-methyl/N-ethyl adjacent to an activating group) is 1.